The second kappa shape index (κ2) is 12.0. The Morgan fingerprint density at radius 1 is 0.528 bits per heavy atom. The van der Waals surface area contributed by atoms with Gasteiger partial charge in [-0.2, -0.15) is 8.42 Å². The van der Waals surface area contributed by atoms with Gasteiger partial charge in [0.2, 0.25) is 0 Å². The Morgan fingerprint density at radius 3 is 1.25 bits per heavy atom. The Balaban J connectivity index is 0.000000658. The first kappa shape index (κ1) is 27.1. The van der Waals surface area contributed by atoms with Gasteiger partial charge in [0.25, 0.3) is 0 Å². The van der Waals surface area contributed by atoms with Crippen molar-refractivity contribution >= 4 is 10.4 Å². The predicted molar refractivity (Wildman–Crippen MR) is 144 cm³/mol. The van der Waals surface area contributed by atoms with Crippen LogP contribution in [0.25, 0.3) is 0 Å². The van der Waals surface area contributed by atoms with Gasteiger partial charge in [-0.15, -0.1) is 0 Å². The van der Waals surface area contributed by atoms with Crippen molar-refractivity contribution in [3.05, 3.63) is 137 Å². The van der Waals surface area contributed by atoms with E-state index in [0.29, 0.717) is 5.75 Å². The maximum atomic E-state index is 11.1. The fourth-order valence-electron chi connectivity index (χ4n) is 4.70. The van der Waals surface area contributed by atoms with Crippen molar-refractivity contribution in [2.45, 2.75) is 38.5 Å². The Labute approximate surface area is 213 Å². The van der Waals surface area contributed by atoms with Gasteiger partial charge in [0.05, 0.1) is 0 Å². The first-order valence-electron chi connectivity index (χ1n) is 11.8. The highest BCUT2D eigenvalue weighted by atomic mass is 32.3. The second-order valence-corrected chi connectivity index (χ2v) is 9.74. The first-order chi connectivity index (χ1) is 17.1. The number of phenolic OH excluding ortho intramolecular Hbond substituents is 1. The molecule has 6 heteroatoms. The minimum atomic E-state index is -4.67. The molecule has 0 aliphatic rings. The highest BCUT2D eigenvalue weighted by Gasteiger charge is 2.26. The monoisotopic (exact) mass is 504 g/mol. The average molecular weight is 505 g/mol. The van der Waals surface area contributed by atoms with Crippen LogP contribution < -0.4 is 0 Å². The Morgan fingerprint density at radius 2 is 0.861 bits per heavy atom. The van der Waals surface area contributed by atoms with Crippen LogP contribution >= 0.6 is 0 Å². The molecule has 3 atom stereocenters. The van der Waals surface area contributed by atoms with E-state index in [0.717, 1.165) is 5.56 Å². The molecular weight excluding hydrogens is 472 g/mol. The lowest BCUT2D eigenvalue weighted by Gasteiger charge is -2.28. The first-order valence-corrected chi connectivity index (χ1v) is 13.2. The van der Waals surface area contributed by atoms with E-state index in [9.17, 15) is 5.11 Å². The number of rotatable bonds is 6. The van der Waals surface area contributed by atoms with Crippen molar-refractivity contribution in [2.75, 3.05) is 0 Å². The molecule has 0 saturated heterocycles. The molecule has 3 unspecified atom stereocenters. The largest absolute Gasteiger partial charge is 0.508 e. The van der Waals surface area contributed by atoms with Crippen LogP contribution in [0, 0.1) is 0 Å². The van der Waals surface area contributed by atoms with E-state index in [1.807, 2.05) is 12.1 Å². The highest BCUT2D eigenvalue weighted by Crippen LogP contribution is 2.44. The third-order valence-corrected chi connectivity index (χ3v) is 6.53. The van der Waals surface area contributed by atoms with Crippen molar-refractivity contribution in [1.29, 1.82) is 0 Å². The summed E-state index contributed by atoms with van der Waals surface area (Å²) in [6, 6.07) is 35.7. The van der Waals surface area contributed by atoms with Crippen molar-refractivity contribution in [3.8, 4) is 5.75 Å². The Hall–Kier alpha value is -3.45. The molecule has 0 radical (unpaired) electrons. The third-order valence-electron chi connectivity index (χ3n) is 6.53. The molecule has 5 nitrogen and oxygen atoms in total. The van der Waals surface area contributed by atoms with E-state index in [4.69, 9.17) is 17.5 Å². The number of benzene rings is 4. The zero-order valence-electron chi connectivity index (χ0n) is 20.6. The van der Waals surface area contributed by atoms with Gasteiger partial charge in [0.1, 0.15) is 5.75 Å². The number of phenols is 1. The SMILES string of the molecule is CC(c1ccccc1)c1ccc(O)c(C(C)c2ccccc2)c1C(C)c1ccccc1.O=S(=O)(O)O. The summed E-state index contributed by atoms with van der Waals surface area (Å²) in [6.45, 7) is 6.72. The molecule has 4 aromatic rings. The summed E-state index contributed by atoms with van der Waals surface area (Å²) in [6.07, 6.45) is 0. The molecule has 0 bridgehead atoms. The van der Waals surface area contributed by atoms with Crippen LogP contribution in [0.1, 0.15) is 71.9 Å². The number of hydrogen-bond donors (Lipinski definition) is 3. The summed E-state index contributed by atoms with van der Waals surface area (Å²) in [5.41, 5.74) is 7.30. The Kier molecular flexibility index (Phi) is 9.04. The van der Waals surface area contributed by atoms with E-state index in [-0.39, 0.29) is 17.8 Å². The lowest BCUT2D eigenvalue weighted by molar-refractivity contribution is 0.381. The molecule has 188 valence electrons. The van der Waals surface area contributed by atoms with E-state index in [1.54, 1.807) is 0 Å². The van der Waals surface area contributed by atoms with Crippen molar-refractivity contribution in [1.82, 2.24) is 0 Å². The summed E-state index contributed by atoms with van der Waals surface area (Å²) in [7, 11) is -4.67. The van der Waals surface area contributed by atoms with Gasteiger partial charge in [-0.1, -0.05) is 118 Å². The molecule has 3 N–H and O–H groups in total. The van der Waals surface area contributed by atoms with Crippen LogP contribution in [0.4, 0.5) is 0 Å². The molecule has 0 aliphatic heterocycles. The van der Waals surface area contributed by atoms with E-state index in [1.165, 1.54) is 27.8 Å². The van der Waals surface area contributed by atoms with Gasteiger partial charge >= 0.3 is 10.4 Å². The summed E-state index contributed by atoms with van der Waals surface area (Å²) in [5, 5.41) is 11.1. The molecule has 4 rings (SSSR count). The van der Waals surface area contributed by atoms with Gasteiger partial charge in [-0.25, -0.2) is 0 Å². The zero-order valence-corrected chi connectivity index (χ0v) is 21.4. The average Bonchev–Trinajstić information content (AvgIpc) is 2.88. The smallest absolute Gasteiger partial charge is 0.394 e. The normalized spacial score (nSPS) is 13.7. The second-order valence-electron chi connectivity index (χ2n) is 8.85. The van der Waals surface area contributed by atoms with Crippen LogP contribution in [0.3, 0.4) is 0 Å². The number of hydrogen-bond acceptors (Lipinski definition) is 3. The lowest BCUT2D eigenvalue weighted by Crippen LogP contribution is -2.12. The van der Waals surface area contributed by atoms with Gasteiger partial charge in [-0.3, -0.25) is 9.11 Å². The molecule has 0 saturated carbocycles. The highest BCUT2D eigenvalue weighted by molar-refractivity contribution is 7.79. The topological polar surface area (TPSA) is 94.8 Å². The summed E-state index contributed by atoms with van der Waals surface area (Å²) in [5.74, 6) is 0.851. The molecule has 0 spiro atoms. The quantitative estimate of drug-likeness (QED) is 0.242. The van der Waals surface area contributed by atoms with Gasteiger partial charge in [0, 0.05) is 23.3 Å². The summed E-state index contributed by atoms with van der Waals surface area (Å²) >= 11 is 0. The van der Waals surface area contributed by atoms with Gasteiger partial charge in [0.15, 0.2) is 0 Å². The van der Waals surface area contributed by atoms with Crippen molar-refractivity contribution in [2.24, 2.45) is 0 Å². The van der Waals surface area contributed by atoms with Crippen LogP contribution in [0.2, 0.25) is 0 Å². The van der Waals surface area contributed by atoms with Gasteiger partial charge in [-0.05, 0) is 33.9 Å². The molecule has 0 amide bonds. The maximum Gasteiger partial charge on any atom is 0.394 e. The summed E-state index contributed by atoms with van der Waals surface area (Å²) < 4.78 is 31.6. The molecule has 0 heterocycles. The molecule has 0 aromatic heterocycles. The van der Waals surface area contributed by atoms with Gasteiger partial charge < -0.3 is 5.11 Å². The Bertz CT molecular complexity index is 1350. The third kappa shape index (κ3) is 7.04. The lowest BCUT2D eigenvalue weighted by atomic mass is 9.76. The standard InChI is InChI=1S/C30H30O.H2O4S/c1-21(24-13-7-4-8-14-24)27-19-20-28(31)30(23(3)26-17-11-6-12-18-26)29(27)22(2)25-15-9-5-10-16-25;1-5(2,3)4/h4-23,31H,1-3H3;(H2,1,2,3,4). The maximum absolute atomic E-state index is 11.1. The fraction of sp³-hybridized carbons (Fsp3) is 0.200. The number of aromatic hydroxyl groups is 1. The van der Waals surface area contributed by atoms with E-state index in [2.05, 4.69) is 112 Å². The summed E-state index contributed by atoms with van der Waals surface area (Å²) in [4.78, 5) is 0. The predicted octanol–water partition coefficient (Wildman–Crippen LogP) is 7.19. The van der Waals surface area contributed by atoms with Crippen LogP contribution in [-0.2, 0) is 10.4 Å². The minimum Gasteiger partial charge on any atom is -0.508 e. The van der Waals surface area contributed by atoms with Crippen LogP contribution in [-0.4, -0.2) is 22.6 Å². The fourth-order valence-corrected chi connectivity index (χ4v) is 4.70. The minimum absolute atomic E-state index is 0.0882. The van der Waals surface area contributed by atoms with Crippen LogP contribution in [0.5, 0.6) is 5.75 Å². The van der Waals surface area contributed by atoms with Crippen molar-refractivity contribution in [3.63, 3.8) is 0 Å². The van der Waals surface area contributed by atoms with Crippen LogP contribution in [0.15, 0.2) is 103 Å². The molecule has 0 aliphatic carbocycles. The molecule has 4 aromatic carbocycles. The molecule has 36 heavy (non-hydrogen) atoms. The zero-order chi connectivity index (χ0) is 26.3. The van der Waals surface area contributed by atoms with E-state index < -0.39 is 10.4 Å². The molecule has 0 fully saturated rings. The van der Waals surface area contributed by atoms with E-state index >= 15 is 0 Å². The van der Waals surface area contributed by atoms with Crippen molar-refractivity contribution < 1.29 is 22.6 Å². The molecular formula is C30H32O5S.